The van der Waals surface area contributed by atoms with E-state index in [0.717, 1.165) is 37.5 Å². The van der Waals surface area contributed by atoms with Crippen LogP contribution in [0.25, 0.3) is 54.6 Å². The molecule has 0 aliphatic carbocycles. The van der Waals surface area contributed by atoms with Gasteiger partial charge in [-0.1, -0.05) is 76.6 Å². The molecule has 2 heterocycles. The van der Waals surface area contributed by atoms with Crippen LogP contribution in [0.2, 0.25) is 0 Å². The summed E-state index contributed by atoms with van der Waals surface area (Å²) >= 11 is 3.67. The maximum Gasteiger partial charge on any atom is 0.0810 e. The number of nitrogens with zero attached hydrogens (tertiary/aromatic N) is 2. The summed E-state index contributed by atoms with van der Waals surface area (Å²) in [5.74, 6) is 0. The maximum atomic E-state index is 5.10. The first kappa shape index (κ1) is 16.6. The van der Waals surface area contributed by atoms with Gasteiger partial charge in [0.1, 0.15) is 0 Å². The fourth-order valence-electron chi connectivity index (χ4n) is 4.26. The third-order valence-corrected chi connectivity index (χ3v) is 6.25. The Balaban J connectivity index is 1.86. The molecular formula is C26H15BrN2. The number of benzene rings is 4. The predicted molar refractivity (Wildman–Crippen MR) is 125 cm³/mol. The Bertz CT molecular complexity index is 1550. The van der Waals surface area contributed by atoms with Gasteiger partial charge in [0.15, 0.2) is 0 Å². The zero-order valence-electron chi connectivity index (χ0n) is 15.4. The van der Waals surface area contributed by atoms with Crippen molar-refractivity contribution >= 4 is 59.3 Å². The van der Waals surface area contributed by atoms with Crippen LogP contribution in [0.5, 0.6) is 0 Å². The number of hydrogen-bond acceptors (Lipinski definition) is 2. The van der Waals surface area contributed by atoms with Crippen molar-refractivity contribution in [2.75, 3.05) is 0 Å². The number of pyridine rings is 2. The molecule has 0 amide bonds. The van der Waals surface area contributed by atoms with E-state index in [1.807, 2.05) is 18.3 Å². The minimum absolute atomic E-state index is 0.958. The summed E-state index contributed by atoms with van der Waals surface area (Å²) in [6.45, 7) is 0. The summed E-state index contributed by atoms with van der Waals surface area (Å²) < 4.78 is 1.04. The van der Waals surface area contributed by atoms with Gasteiger partial charge >= 0.3 is 0 Å². The Hall–Kier alpha value is -3.30. The van der Waals surface area contributed by atoms with Gasteiger partial charge in [0.2, 0.25) is 0 Å². The van der Waals surface area contributed by atoms with E-state index in [9.17, 15) is 0 Å². The second-order valence-electron chi connectivity index (χ2n) is 7.18. The SMILES string of the molecule is Brc1ccc(-c2nc3ccccc3c3c2ccc2ccccc23)c2ncccc12. The summed E-state index contributed by atoms with van der Waals surface area (Å²) in [4.78, 5) is 9.80. The molecule has 6 rings (SSSR count). The molecule has 0 atom stereocenters. The second kappa shape index (κ2) is 6.36. The Morgan fingerprint density at radius 3 is 2.34 bits per heavy atom. The van der Waals surface area contributed by atoms with Gasteiger partial charge in [0.25, 0.3) is 0 Å². The van der Waals surface area contributed by atoms with Crippen LogP contribution in [-0.2, 0) is 0 Å². The van der Waals surface area contributed by atoms with Gasteiger partial charge in [-0.3, -0.25) is 4.98 Å². The van der Waals surface area contributed by atoms with Crippen LogP contribution >= 0.6 is 15.9 Å². The molecule has 4 aromatic carbocycles. The van der Waals surface area contributed by atoms with Gasteiger partial charge in [-0.05, 0) is 35.0 Å². The van der Waals surface area contributed by atoms with Gasteiger partial charge in [-0.15, -0.1) is 0 Å². The zero-order chi connectivity index (χ0) is 19.4. The van der Waals surface area contributed by atoms with Crippen molar-refractivity contribution in [3.8, 4) is 11.3 Å². The fraction of sp³-hybridized carbons (Fsp3) is 0. The Morgan fingerprint density at radius 1 is 0.621 bits per heavy atom. The molecule has 0 unspecified atom stereocenters. The van der Waals surface area contributed by atoms with Crippen molar-refractivity contribution in [3.05, 3.63) is 95.6 Å². The highest BCUT2D eigenvalue weighted by Crippen LogP contribution is 2.39. The highest BCUT2D eigenvalue weighted by Gasteiger charge is 2.16. The van der Waals surface area contributed by atoms with E-state index >= 15 is 0 Å². The average Bonchev–Trinajstić information content (AvgIpc) is 2.79. The summed E-state index contributed by atoms with van der Waals surface area (Å²) in [6, 6.07) is 29.6. The monoisotopic (exact) mass is 434 g/mol. The van der Waals surface area contributed by atoms with Crippen LogP contribution in [0.4, 0.5) is 0 Å². The summed E-state index contributed by atoms with van der Waals surface area (Å²) in [7, 11) is 0. The smallest absolute Gasteiger partial charge is 0.0810 e. The van der Waals surface area contributed by atoms with Gasteiger partial charge in [-0.25, -0.2) is 4.98 Å². The molecule has 6 aromatic rings. The number of fused-ring (bicyclic) bond motifs is 6. The van der Waals surface area contributed by atoms with Crippen LogP contribution in [0.1, 0.15) is 0 Å². The zero-order valence-corrected chi connectivity index (χ0v) is 17.0. The lowest BCUT2D eigenvalue weighted by Gasteiger charge is -2.14. The molecule has 0 spiro atoms. The van der Waals surface area contributed by atoms with Crippen molar-refractivity contribution in [1.82, 2.24) is 9.97 Å². The van der Waals surface area contributed by atoms with E-state index in [2.05, 4.69) is 88.7 Å². The number of rotatable bonds is 1. The third kappa shape index (κ3) is 2.48. The quantitative estimate of drug-likeness (QED) is 0.250. The number of para-hydroxylation sites is 1. The van der Waals surface area contributed by atoms with Crippen LogP contribution in [0, 0.1) is 0 Å². The molecule has 0 aliphatic heterocycles. The molecule has 2 nitrogen and oxygen atoms in total. The van der Waals surface area contributed by atoms with Gasteiger partial charge in [0, 0.05) is 37.8 Å². The van der Waals surface area contributed by atoms with E-state index in [0.29, 0.717) is 0 Å². The fourth-order valence-corrected chi connectivity index (χ4v) is 4.71. The number of hydrogen-bond donors (Lipinski definition) is 0. The minimum atomic E-state index is 0.958. The summed E-state index contributed by atoms with van der Waals surface area (Å²) in [6.07, 6.45) is 1.84. The Morgan fingerprint density at radius 2 is 1.41 bits per heavy atom. The third-order valence-electron chi connectivity index (χ3n) is 5.56. The first-order chi connectivity index (χ1) is 14.3. The highest BCUT2D eigenvalue weighted by atomic mass is 79.9. The molecule has 0 N–H and O–H groups in total. The molecule has 3 heteroatoms. The van der Waals surface area contributed by atoms with Crippen molar-refractivity contribution in [1.29, 1.82) is 0 Å². The predicted octanol–water partition coefficient (Wildman–Crippen LogP) is 7.52. The first-order valence-electron chi connectivity index (χ1n) is 9.55. The van der Waals surface area contributed by atoms with E-state index in [-0.39, 0.29) is 0 Å². The molecule has 2 aromatic heterocycles. The Labute approximate surface area is 176 Å². The van der Waals surface area contributed by atoms with Gasteiger partial charge < -0.3 is 0 Å². The van der Waals surface area contributed by atoms with Crippen LogP contribution in [-0.4, -0.2) is 9.97 Å². The standard InChI is InChI=1S/C26H15BrN2/c27-22-14-13-21(25-18(22)9-5-15-28-25)26-20-12-11-16-6-1-2-7-17(16)24(20)19-8-3-4-10-23(19)29-26/h1-15H. The lowest BCUT2D eigenvalue weighted by molar-refractivity contribution is 1.38. The normalized spacial score (nSPS) is 11.6. The molecule has 0 saturated carbocycles. The van der Waals surface area contributed by atoms with Crippen molar-refractivity contribution in [2.45, 2.75) is 0 Å². The van der Waals surface area contributed by atoms with Crippen molar-refractivity contribution < 1.29 is 0 Å². The van der Waals surface area contributed by atoms with E-state index < -0.39 is 0 Å². The molecule has 0 saturated heterocycles. The summed E-state index contributed by atoms with van der Waals surface area (Å²) in [5, 5.41) is 7.15. The molecule has 0 bridgehead atoms. The lowest BCUT2D eigenvalue weighted by Crippen LogP contribution is -1.93. The number of halogens is 1. The largest absolute Gasteiger partial charge is 0.256 e. The molecule has 0 radical (unpaired) electrons. The van der Waals surface area contributed by atoms with Crippen LogP contribution in [0.15, 0.2) is 95.6 Å². The molecule has 136 valence electrons. The lowest BCUT2D eigenvalue weighted by atomic mass is 9.94. The number of aromatic nitrogens is 2. The maximum absolute atomic E-state index is 5.10. The van der Waals surface area contributed by atoms with Crippen LogP contribution in [0.3, 0.4) is 0 Å². The molecular weight excluding hydrogens is 420 g/mol. The second-order valence-corrected chi connectivity index (χ2v) is 8.04. The Kier molecular flexibility index (Phi) is 3.65. The van der Waals surface area contributed by atoms with E-state index in [4.69, 9.17) is 9.97 Å². The molecule has 0 aliphatic rings. The van der Waals surface area contributed by atoms with Crippen molar-refractivity contribution in [3.63, 3.8) is 0 Å². The van der Waals surface area contributed by atoms with Crippen LogP contribution < -0.4 is 0 Å². The van der Waals surface area contributed by atoms with Gasteiger partial charge in [0.05, 0.1) is 16.7 Å². The molecule has 0 fully saturated rings. The average molecular weight is 435 g/mol. The topological polar surface area (TPSA) is 25.8 Å². The van der Waals surface area contributed by atoms with E-state index in [1.54, 1.807) is 0 Å². The van der Waals surface area contributed by atoms with E-state index in [1.165, 1.54) is 21.5 Å². The first-order valence-corrected chi connectivity index (χ1v) is 10.3. The highest BCUT2D eigenvalue weighted by molar-refractivity contribution is 9.10. The minimum Gasteiger partial charge on any atom is -0.256 e. The van der Waals surface area contributed by atoms with Crippen molar-refractivity contribution in [2.24, 2.45) is 0 Å². The van der Waals surface area contributed by atoms with Gasteiger partial charge in [-0.2, -0.15) is 0 Å². The molecule has 29 heavy (non-hydrogen) atoms. The summed E-state index contributed by atoms with van der Waals surface area (Å²) in [5.41, 5.74) is 3.98.